The van der Waals surface area contributed by atoms with Crippen molar-refractivity contribution in [1.82, 2.24) is 4.90 Å². The van der Waals surface area contributed by atoms with E-state index in [1.54, 1.807) is 13.2 Å². The lowest BCUT2D eigenvalue weighted by Crippen LogP contribution is -2.37. The van der Waals surface area contributed by atoms with Gasteiger partial charge in [0.15, 0.2) is 0 Å². The molecule has 1 heterocycles. The highest BCUT2D eigenvalue weighted by Crippen LogP contribution is 2.23. The first-order chi connectivity index (χ1) is 13.7. The maximum atomic E-state index is 12.6. The molecule has 1 N–H and O–H groups in total. The van der Waals surface area contributed by atoms with Crippen LogP contribution in [0.15, 0.2) is 61.2 Å². The van der Waals surface area contributed by atoms with Crippen molar-refractivity contribution in [1.29, 1.82) is 0 Å². The van der Waals surface area contributed by atoms with Gasteiger partial charge in [-0.25, -0.2) is 0 Å². The Morgan fingerprint density at radius 3 is 2.68 bits per heavy atom. The summed E-state index contributed by atoms with van der Waals surface area (Å²) in [6, 6.07) is 15.6. The summed E-state index contributed by atoms with van der Waals surface area (Å²) in [7, 11) is 1.69. The van der Waals surface area contributed by atoms with Gasteiger partial charge in [-0.15, -0.1) is 0 Å². The fourth-order valence-corrected chi connectivity index (χ4v) is 3.45. The second kappa shape index (κ2) is 9.95. The van der Waals surface area contributed by atoms with Gasteiger partial charge < -0.3 is 14.8 Å². The number of carbonyl (C=O) groups excluding carboxylic acids is 1. The zero-order chi connectivity index (χ0) is 19.8. The van der Waals surface area contributed by atoms with Gasteiger partial charge in [0.05, 0.1) is 7.11 Å². The molecular weight excluding hydrogens is 352 g/mol. The van der Waals surface area contributed by atoms with Crippen LogP contribution in [0.5, 0.6) is 11.5 Å². The number of nitrogens with one attached hydrogen (secondary N) is 1. The van der Waals surface area contributed by atoms with Crippen LogP contribution in [0.1, 0.15) is 18.4 Å². The highest BCUT2D eigenvalue weighted by molar-refractivity contribution is 5.92. The van der Waals surface area contributed by atoms with E-state index in [1.165, 1.54) is 5.56 Å². The number of nitrogens with zero attached hydrogens (tertiary/aromatic N) is 1. The molecule has 0 spiro atoms. The predicted molar refractivity (Wildman–Crippen MR) is 112 cm³/mol. The molecule has 0 unspecified atom stereocenters. The maximum absolute atomic E-state index is 12.6. The maximum Gasteiger partial charge on any atom is 0.227 e. The third kappa shape index (κ3) is 5.60. The molecule has 0 saturated carbocycles. The average Bonchev–Trinajstić information content (AvgIpc) is 2.73. The summed E-state index contributed by atoms with van der Waals surface area (Å²) in [6.07, 6.45) is 3.43. The molecule has 148 valence electrons. The lowest BCUT2D eigenvalue weighted by molar-refractivity contribution is -0.121. The summed E-state index contributed by atoms with van der Waals surface area (Å²) in [5, 5.41) is 3.03. The van der Waals surface area contributed by atoms with Crippen LogP contribution >= 0.6 is 0 Å². The van der Waals surface area contributed by atoms with Crippen molar-refractivity contribution in [3.63, 3.8) is 0 Å². The molecule has 1 aliphatic heterocycles. The van der Waals surface area contributed by atoms with E-state index in [9.17, 15) is 4.79 Å². The number of methoxy groups -OCH3 is 1. The lowest BCUT2D eigenvalue weighted by atomic mass is 9.95. The standard InChI is InChI=1S/C23H28N2O3/c1-3-14-28-22-9-5-7-20(16-22)24-23(26)19-10-12-25(13-11-19)17-18-6-4-8-21(15-18)27-2/h3-9,15-16,19H,1,10-14,17H2,2H3,(H,24,26). The summed E-state index contributed by atoms with van der Waals surface area (Å²) in [5.74, 6) is 1.73. The average molecular weight is 380 g/mol. The molecule has 3 rings (SSSR count). The lowest BCUT2D eigenvalue weighted by Gasteiger charge is -2.31. The van der Waals surface area contributed by atoms with Gasteiger partial charge in [-0.3, -0.25) is 9.69 Å². The van der Waals surface area contributed by atoms with Crippen LogP contribution in [0.4, 0.5) is 5.69 Å². The van der Waals surface area contributed by atoms with Crippen LogP contribution < -0.4 is 14.8 Å². The number of ether oxygens (including phenoxy) is 2. The molecule has 2 aromatic rings. The number of rotatable bonds is 8. The Morgan fingerprint density at radius 2 is 1.93 bits per heavy atom. The van der Waals surface area contributed by atoms with Crippen molar-refractivity contribution < 1.29 is 14.3 Å². The molecule has 2 aromatic carbocycles. The number of piperidine rings is 1. The minimum absolute atomic E-state index is 0.0410. The van der Waals surface area contributed by atoms with Crippen LogP contribution in [0.25, 0.3) is 0 Å². The second-order valence-electron chi connectivity index (χ2n) is 7.02. The van der Waals surface area contributed by atoms with Crippen molar-refractivity contribution in [2.45, 2.75) is 19.4 Å². The highest BCUT2D eigenvalue weighted by atomic mass is 16.5. The van der Waals surface area contributed by atoms with Crippen LogP contribution in [0.3, 0.4) is 0 Å². The molecule has 0 atom stereocenters. The van der Waals surface area contributed by atoms with Crippen LogP contribution in [-0.2, 0) is 11.3 Å². The van der Waals surface area contributed by atoms with Gasteiger partial charge in [0.2, 0.25) is 5.91 Å². The molecule has 0 radical (unpaired) electrons. The molecule has 1 saturated heterocycles. The van der Waals surface area contributed by atoms with Crippen molar-refractivity contribution in [3.8, 4) is 11.5 Å². The van der Waals surface area contributed by atoms with Gasteiger partial charge in [0.25, 0.3) is 0 Å². The fourth-order valence-electron chi connectivity index (χ4n) is 3.45. The van der Waals surface area contributed by atoms with Gasteiger partial charge in [-0.05, 0) is 55.8 Å². The minimum atomic E-state index is 0.0410. The molecule has 1 fully saturated rings. The van der Waals surface area contributed by atoms with Crippen LogP contribution in [-0.4, -0.2) is 37.6 Å². The number of benzene rings is 2. The molecule has 5 nitrogen and oxygen atoms in total. The summed E-state index contributed by atoms with van der Waals surface area (Å²) in [6.45, 7) is 6.80. The van der Waals surface area contributed by atoms with Crippen molar-refractivity contribution in [2.75, 3.05) is 32.1 Å². The Labute approximate surface area is 167 Å². The number of amides is 1. The number of carbonyl (C=O) groups is 1. The van der Waals surface area contributed by atoms with E-state index in [-0.39, 0.29) is 11.8 Å². The molecule has 28 heavy (non-hydrogen) atoms. The van der Waals surface area contributed by atoms with E-state index in [4.69, 9.17) is 9.47 Å². The molecule has 5 heteroatoms. The van der Waals surface area contributed by atoms with Gasteiger partial charge >= 0.3 is 0 Å². The Hall–Kier alpha value is -2.79. The summed E-state index contributed by atoms with van der Waals surface area (Å²) >= 11 is 0. The van der Waals surface area contributed by atoms with Gasteiger partial charge in [0.1, 0.15) is 18.1 Å². The van der Waals surface area contributed by atoms with E-state index in [0.717, 1.165) is 49.7 Å². The van der Waals surface area contributed by atoms with E-state index >= 15 is 0 Å². The summed E-state index contributed by atoms with van der Waals surface area (Å²) < 4.78 is 10.8. The molecule has 1 amide bonds. The Morgan fingerprint density at radius 1 is 1.18 bits per heavy atom. The van der Waals surface area contributed by atoms with Crippen LogP contribution in [0.2, 0.25) is 0 Å². The first-order valence-electron chi connectivity index (χ1n) is 9.68. The smallest absolute Gasteiger partial charge is 0.227 e. The van der Waals surface area contributed by atoms with E-state index in [0.29, 0.717) is 6.61 Å². The largest absolute Gasteiger partial charge is 0.497 e. The Balaban J connectivity index is 1.49. The number of hydrogen-bond donors (Lipinski definition) is 1. The van der Waals surface area contributed by atoms with E-state index < -0.39 is 0 Å². The molecular formula is C23H28N2O3. The Bertz CT molecular complexity index is 798. The van der Waals surface area contributed by atoms with Gasteiger partial charge in [0, 0.05) is 24.2 Å². The summed E-state index contributed by atoms with van der Waals surface area (Å²) in [4.78, 5) is 15.0. The fraction of sp³-hybridized carbons (Fsp3) is 0.348. The second-order valence-corrected chi connectivity index (χ2v) is 7.02. The van der Waals surface area contributed by atoms with Crippen LogP contribution in [0, 0.1) is 5.92 Å². The van der Waals surface area contributed by atoms with E-state index in [1.807, 2.05) is 36.4 Å². The van der Waals surface area contributed by atoms with Gasteiger partial charge in [-0.1, -0.05) is 30.9 Å². The topological polar surface area (TPSA) is 50.8 Å². The monoisotopic (exact) mass is 380 g/mol. The number of hydrogen-bond acceptors (Lipinski definition) is 4. The van der Waals surface area contributed by atoms with Gasteiger partial charge in [-0.2, -0.15) is 0 Å². The molecule has 0 aromatic heterocycles. The molecule has 1 aliphatic rings. The third-order valence-corrected chi connectivity index (χ3v) is 4.97. The zero-order valence-electron chi connectivity index (χ0n) is 16.4. The SMILES string of the molecule is C=CCOc1cccc(NC(=O)C2CCN(Cc3cccc(OC)c3)CC2)c1. The highest BCUT2D eigenvalue weighted by Gasteiger charge is 2.25. The van der Waals surface area contributed by atoms with E-state index in [2.05, 4.69) is 28.9 Å². The van der Waals surface area contributed by atoms with Crippen molar-refractivity contribution >= 4 is 11.6 Å². The molecule has 0 bridgehead atoms. The predicted octanol–water partition coefficient (Wildman–Crippen LogP) is 4.11. The molecule has 0 aliphatic carbocycles. The quantitative estimate of drug-likeness (QED) is 0.700. The minimum Gasteiger partial charge on any atom is -0.497 e. The van der Waals surface area contributed by atoms with Crippen molar-refractivity contribution in [3.05, 3.63) is 66.7 Å². The Kier molecular flexibility index (Phi) is 7.09. The zero-order valence-corrected chi connectivity index (χ0v) is 16.4. The first kappa shape index (κ1) is 20.0. The third-order valence-electron chi connectivity index (χ3n) is 4.97. The summed E-state index contributed by atoms with van der Waals surface area (Å²) in [5.41, 5.74) is 2.00. The number of anilines is 1. The number of likely N-dealkylation sites (tertiary alicyclic amines) is 1. The van der Waals surface area contributed by atoms with Crippen molar-refractivity contribution in [2.24, 2.45) is 5.92 Å². The first-order valence-corrected chi connectivity index (χ1v) is 9.68. The normalized spacial score (nSPS) is 15.0.